The SMILES string of the molecule is Cc1cc2c(cc1/C=C/c1ccccc1)C(C1CCCCC1)=NN(C)C(=O)N2c1ccc(CC2=NCCN2)cc1. The minimum absolute atomic E-state index is 0.145. The van der Waals surface area contributed by atoms with Crippen molar-refractivity contribution in [2.45, 2.75) is 45.4 Å². The number of aliphatic imine (C=N–C) groups is 1. The van der Waals surface area contributed by atoms with Crippen LogP contribution in [-0.2, 0) is 6.42 Å². The molecule has 0 atom stereocenters. The zero-order chi connectivity index (χ0) is 27.5. The number of carbonyl (C=O) groups is 1. The molecule has 0 bridgehead atoms. The Hall–Kier alpha value is -4.19. The van der Waals surface area contributed by atoms with Crippen LogP contribution in [0.3, 0.4) is 0 Å². The second-order valence-corrected chi connectivity index (χ2v) is 11.0. The quantitative estimate of drug-likeness (QED) is 0.342. The highest BCUT2D eigenvalue weighted by molar-refractivity contribution is 6.14. The number of hydrogen-bond acceptors (Lipinski definition) is 4. The number of benzene rings is 3. The van der Waals surface area contributed by atoms with Crippen molar-refractivity contribution in [3.05, 3.63) is 94.5 Å². The number of urea groups is 1. The van der Waals surface area contributed by atoms with Crippen molar-refractivity contribution in [1.82, 2.24) is 10.3 Å². The maximum absolute atomic E-state index is 13.9. The van der Waals surface area contributed by atoms with Gasteiger partial charge in [0.2, 0.25) is 0 Å². The largest absolute Gasteiger partial charge is 0.372 e. The number of anilines is 2. The van der Waals surface area contributed by atoms with Gasteiger partial charge in [-0.25, -0.2) is 9.80 Å². The normalized spacial score (nSPS) is 17.9. The van der Waals surface area contributed by atoms with Crippen molar-refractivity contribution in [2.24, 2.45) is 16.0 Å². The molecule has 1 saturated carbocycles. The fraction of sp³-hybridized carbons (Fsp3) is 0.324. The highest BCUT2D eigenvalue weighted by Gasteiger charge is 2.33. The van der Waals surface area contributed by atoms with Gasteiger partial charge in [-0.1, -0.05) is 73.9 Å². The summed E-state index contributed by atoms with van der Waals surface area (Å²) in [5.41, 5.74) is 8.43. The van der Waals surface area contributed by atoms with Crippen molar-refractivity contribution in [3.63, 3.8) is 0 Å². The maximum Gasteiger partial charge on any atom is 0.349 e. The molecule has 6 nitrogen and oxygen atoms in total. The van der Waals surface area contributed by atoms with Crippen LogP contribution < -0.4 is 10.2 Å². The number of hydrogen-bond donors (Lipinski definition) is 1. The van der Waals surface area contributed by atoms with E-state index >= 15 is 0 Å². The smallest absolute Gasteiger partial charge is 0.349 e. The summed E-state index contributed by atoms with van der Waals surface area (Å²) in [6.07, 6.45) is 11.0. The zero-order valence-corrected chi connectivity index (χ0v) is 23.4. The van der Waals surface area contributed by atoms with Gasteiger partial charge in [0, 0.05) is 31.5 Å². The van der Waals surface area contributed by atoms with Crippen LogP contribution in [0.1, 0.15) is 59.9 Å². The molecule has 6 rings (SSSR count). The van der Waals surface area contributed by atoms with Gasteiger partial charge in [-0.3, -0.25) is 9.89 Å². The molecule has 2 amide bonds. The van der Waals surface area contributed by atoms with Crippen LogP contribution in [0.25, 0.3) is 12.2 Å². The Morgan fingerprint density at radius 1 is 0.975 bits per heavy atom. The Labute approximate surface area is 237 Å². The van der Waals surface area contributed by atoms with E-state index in [0.29, 0.717) is 5.92 Å². The maximum atomic E-state index is 13.9. The molecule has 1 N–H and O–H groups in total. The van der Waals surface area contributed by atoms with E-state index in [9.17, 15) is 4.79 Å². The number of amides is 2. The summed E-state index contributed by atoms with van der Waals surface area (Å²) in [7, 11) is 1.78. The van der Waals surface area contributed by atoms with E-state index in [1.54, 1.807) is 7.05 Å². The molecule has 0 saturated heterocycles. The Morgan fingerprint density at radius 3 is 2.48 bits per heavy atom. The van der Waals surface area contributed by atoms with E-state index in [4.69, 9.17) is 5.10 Å². The van der Waals surface area contributed by atoms with E-state index in [-0.39, 0.29) is 6.03 Å². The lowest BCUT2D eigenvalue weighted by atomic mass is 9.82. The summed E-state index contributed by atoms with van der Waals surface area (Å²) in [5.74, 6) is 1.37. The first-order valence-electron chi connectivity index (χ1n) is 14.5. The summed E-state index contributed by atoms with van der Waals surface area (Å²) in [4.78, 5) is 20.3. The molecule has 1 fully saturated rings. The number of amidine groups is 1. The van der Waals surface area contributed by atoms with E-state index < -0.39 is 0 Å². The third kappa shape index (κ3) is 5.44. The average Bonchev–Trinajstić information content (AvgIpc) is 3.47. The Bertz CT molecular complexity index is 1470. The molecular formula is C34H37N5O. The van der Waals surface area contributed by atoms with Crippen molar-refractivity contribution in [1.29, 1.82) is 0 Å². The van der Waals surface area contributed by atoms with Gasteiger partial charge in [0.1, 0.15) is 5.84 Å². The summed E-state index contributed by atoms with van der Waals surface area (Å²) < 4.78 is 0. The van der Waals surface area contributed by atoms with Gasteiger partial charge < -0.3 is 5.32 Å². The van der Waals surface area contributed by atoms with Crippen LogP contribution in [-0.4, -0.2) is 42.7 Å². The lowest BCUT2D eigenvalue weighted by Crippen LogP contribution is -2.34. The molecule has 2 aliphatic heterocycles. The summed E-state index contributed by atoms with van der Waals surface area (Å²) in [5, 5.41) is 9.86. The number of fused-ring (bicyclic) bond motifs is 1. The third-order valence-corrected chi connectivity index (χ3v) is 8.18. The van der Waals surface area contributed by atoms with E-state index in [0.717, 1.165) is 77.5 Å². The average molecular weight is 532 g/mol. The minimum Gasteiger partial charge on any atom is -0.372 e. The van der Waals surface area contributed by atoms with Crippen LogP contribution in [0.4, 0.5) is 16.2 Å². The van der Waals surface area contributed by atoms with Crippen molar-refractivity contribution in [2.75, 3.05) is 25.0 Å². The van der Waals surface area contributed by atoms with E-state index in [1.165, 1.54) is 29.8 Å². The molecule has 1 aliphatic carbocycles. The number of rotatable bonds is 6. The fourth-order valence-corrected chi connectivity index (χ4v) is 5.98. The molecular weight excluding hydrogens is 494 g/mol. The highest BCUT2D eigenvalue weighted by Crippen LogP contribution is 2.39. The monoisotopic (exact) mass is 531 g/mol. The van der Waals surface area contributed by atoms with Gasteiger partial charge in [-0.2, -0.15) is 5.10 Å². The standard InChI is InChI=1S/C34H37N5O/c1-24-21-31-30(23-28(24)16-13-25-9-5-3-6-10-25)33(27-11-7-4-8-12-27)37-38(2)34(40)39(31)29-17-14-26(15-18-29)22-32-35-19-20-36-32/h3,5-6,9-10,13-18,21,23,27H,4,7-8,11-12,19-20,22H2,1-2H3,(H,35,36)/b16-13+. The Morgan fingerprint density at radius 2 is 1.75 bits per heavy atom. The number of carbonyl (C=O) groups excluding carboxylic acids is 1. The van der Waals surface area contributed by atoms with Crippen molar-refractivity contribution in [3.8, 4) is 0 Å². The molecule has 3 aromatic rings. The van der Waals surface area contributed by atoms with Gasteiger partial charge in [0.15, 0.2) is 0 Å². The molecule has 0 spiro atoms. The second kappa shape index (κ2) is 11.5. The molecule has 0 radical (unpaired) electrons. The van der Waals surface area contributed by atoms with Gasteiger partial charge in [0.05, 0.1) is 23.6 Å². The van der Waals surface area contributed by atoms with Crippen LogP contribution in [0.15, 0.2) is 76.8 Å². The first-order valence-corrected chi connectivity index (χ1v) is 14.5. The van der Waals surface area contributed by atoms with Gasteiger partial charge >= 0.3 is 6.03 Å². The zero-order valence-electron chi connectivity index (χ0n) is 23.4. The van der Waals surface area contributed by atoms with Crippen LogP contribution in [0, 0.1) is 12.8 Å². The second-order valence-electron chi connectivity index (χ2n) is 11.0. The van der Waals surface area contributed by atoms with Gasteiger partial charge in [-0.05, 0) is 66.3 Å². The molecule has 0 unspecified atom stereocenters. The summed E-state index contributed by atoms with van der Waals surface area (Å²) in [6.45, 7) is 3.87. The number of aryl methyl sites for hydroxylation is 1. The topological polar surface area (TPSA) is 60.3 Å². The van der Waals surface area contributed by atoms with Crippen molar-refractivity contribution >= 4 is 41.1 Å². The first-order chi connectivity index (χ1) is 19.6. The van der Waals surface area contributed by atoms with E-state index in [1.807, 2.05) is 23.1 Å². The predicted molar refractivity (Wildman–Crippen MR) is 165 cm³/mol. The molecule has 3 aliphatic rings. The predicted octanol–water partition coefficient (Wildman–Crippen LogP) is 7.20. The molecule has 2 heterocycles. The first kappa shape index (κ1) is 26.1. The number of nitrogens with one attached hydrogen (secondary N) is 1. The molecule has 6 heteroatoms. The van der Waals surface area contributed by atoms with Gasteiger partial charge in [-0.15, -0.1) is 0 Å². The molecule has 0 aromatic heterocycles. The number of hydrazone groups is 1. The lowest BCUT2D eigenvalue weighted by molar-refractivity contribution is 0.220. The van der Waals surface area contributed by atoms with E-state index in [2.05, 4.69) is 77.9 Å². The molecule has 40 heavy (non-hydrogen) atoms. The summed E-state index contributed by atoms with van der Waals surface area (Å²) >= 11 is 0. The van der Waals surface area contributed by atoms with Crippen LogP contribution >= 0.6 is 0 Å². The van der Waals surface area contributed by atoms with Crippen molar-refractivity contribution < 1.29 is 4.79 Å². The Kier molecular flexibility index (Phi) is 7.49. The number of nitrogens with zero attached hydrogens (tertiary/aromatic N) is 4. The molecule has 204 valence electrons. The molecule has 3 aromatic carbocycles. The lowest BCUT2D eigenvalue weighted by Gasteiger charge is -2.27. The fourth-order valence-electron chi connectivity index (χ4n) is 5.98. The van der Waals surface area contributed by atoms with Crippen LogP contribution in [0.2, 0.25) is 0 Å². The highest BCUT2D eigenvalue weighted by atomic mass is 16.2. The van der Waals surface area contributed by atoms with Crippen LogP contribution in [0.5, 0.6) is 0 Å². The summed E-state index contributed by atoms with van der Waals surface area (Å²) in [6, 6.07) is 22.9. The van der Waals surface area contributed by atoms with Gasteiger partial charge in [0.25, 0.3) is 0 Å². The third-order valence-electron chi connectivity index (χ3n) is 8.18. The minimum atomic E-state index is -0.145. The Balaban J connectivity index is 1.42.